The first-order valence-electron chi connectivity index (χ1n) is 15.8. The molecule has 0 aliphatic heterocycles. The summed E-state index contributed by atoms with van der Waals surface area (Å²) in [5.74, 6) is 0. The van der Waals surface area contributed by atoms with Gasteiger partial charge in [-0.15, -0.1) is 0 Å². The molecule has 0 aromatic heterocycles. The predicted octanol–water partition coefficient (Wildman–Crippen LogP) is 11.7. The molecule has 0 saturated carbocycles. The summed E-state index contributed by atoms with van der Waals surface area (Å²) in [6.07, 6.45) is -3.78. The Labute approximate surface area is 361 Å². The predicted molar refractivity (Wildman–Crippen MR) is 227 cm³/mol. The first kappa shape index (κ1) is 50.3. The van der Waals surface area contributed by atoms with Crippen LogP contribution >= 0.6 is 57.2 Å². The minimum atomic E-state index is -2.51. The number of rotatable bonds is 19. The van der Waals surface area contributed by atoms with Crippen LogP contribution in [0.4, 0.5) is 0 Å². The molecule has 272 valence electrons. The summed E-state index contributed by atoms with van der Waals surface area (Å²) in [5, 5.41) is 21.1. The SMILES string of the molecule is CC(C)[Si](O[C@@H]([C]O)[C@@H](OCc1ccccc1)[C@H](OCc1ccccc1)[C@H]([C]O)OCc1ccccc1)(C(C)C)C(C)C.[I][Sm][I].[I][Sm][I]. The molecule has 3 aromatic carbocycles. The number of hydrogen-bond acceptors (Lipinski definition) is 6. The van der Waals surface area contributed by atoms with E-state index in [2.05, 4.69) is 112 Å². The van der Waals surface area contributed by atoms with Crippen LogP contribution in [0.1, 0.15) is 58.2 Å². The number of benzene rings is 3. The second-order valence-corrected chi connectivity index (χ2v) is 56.2. The van der Waals surface area contributed by atoms with Crippen LogP contribution in [-0.2, 0) is 38.5 Å². The Morgan fingerprint density at radius 2 is 0.816 bits per heavy atom. The van der Waals surface area contributed by atoms with E-state index in [9.17, 15) is 10.2 Å². The summed E-state index contributed by atoms with van der Waals surface area (Å²) in [5.41, 5.74) is 3.59. The van der Waals surface area contributed by atoms with Crippen LogP contribution in [0.25, 0.3) is 0 Å². The van der Waals surface area contributed by atoms with Gasteiger partial charge in [0.05, 0.1) is 19.8 Å². The Kier molecular flexibility index (Phi) is 31.2. The van der Waals surface area contributed by atoms with Crippen molar-refractivity contribution in [3.8, 4) is 0 Å². The quantitative estimate of drug-likeness (QED) is 0.0920. The first-order valence-corrected chi connectivity index (χ1v) is 48.0. The summed E-state index contributed by atoms with van der Waals surface area (Å²) in [4.78, 5) is 0. The zero-order chi connectivity index (χ0) is 36.7. The van der Waals surface area contributed by atoms with Gasteiger partial charge in [0.15, 0.2) is 13.2 Å². The van der Waals surface area contributed by atoms with Crippen LogP contribution in [-0.4, -0.2) is 42.9 Å². The third-order valence-electron chi connectivity index (χ3n) is 8.06. The van der Waals surface area contributed by atoms with E-state index in [1.807, 2.05) is 91.0 Å². The van der Waals surface area contributed by atoms with Gasteiger partial charge in [0.2, 0.25) is 8.32 Å². The second-order valence-electron chi connectivity index (χ2n) is 12.0. The molecular weight excluding hydrogens is 1360 g/mol. The normalized spacial score (nSPS) is 14.0. The van der Waals surface area contributed by atoms with Crippen LogP contribution in [0.3, 0.4) is 0 Å². The van der Waals surface area contributed by atoms with E-state index in [1.54, 1.807) is 0 Å². The topological polar surface area (TPSA) is 77.4 Å². The van der Waals surface area contributed by atoms with Gasteiger partial charge in [-0.2, -0.15) is 0 Å². The molecule has 0 aliphatic rings. The number of aliphatic hydroxyl groups excluding tert-OH is 2. The average Bonchev–Trinajstić information content (AvgIpc) is 3.09. The van der Waals surface area contributed by atoms with E-state index < -0.39 is 32.7 Å². The summed E-state index contributed by atoms with van der Waals surface area (Å²) >= 11 is 10.1. The van der Waals surface area contributed by atoms with Gasteiger partial charge in [0.1, 0.15) is 24.4 Å². The summed E-state index contributed by atoms with van der Waals surface area (Å²) in [6, 6.07) is 29.3. The Morgan fingerprint density at radius 1 is 0.531 bits per heavy atom. The fourth-order valence-corrected chi connectivity index (χ4v) is 11.4. The molecule has 0 heterocycles. The van der Waals surface area contributed by atoms with Crippen molar-refractivity contribution in [2.45, 2.75) is 102 Å². The van der Waals surface area contributed by atoms with Gasteiger partial charge in [0, 0.05) is 0 Å². The van der Waals surface area contributed by atoms with E-state index in [4.69, 9.17) is 18.6 Å². The standard InChI is InChI=1S/C36H48O6Si.4HI.2Sm/c1-27(2)43(28(3)4,29(5)6)42-34(23-38)36(41-26-32-20-14-9-15-21-32)35(40-25-31-18-12-8-13-19-31)33(22-37)39-24-30-16-10-7-11-17-30;;;;;;/h7-21,27-29,33-38H,24-26H2,1-6H3;4*1H;;/q;;;;;2*+2/p-4/t33-,34-,35+,36+;;;;;;/m0....../s1. The van der Waals surface area contributed by atoms with Gasteiger partial charge in [-0.05, 0) is 33.3 Å². The fraction of sp³-hybridized carbons (Fsp3) is 0.444. The number of aliphatic hydroxyl groups is 2. The zero-order valence-electron chi connectivity index (χ0n) is 28.7. The molecule has 0 bridgehead atoms. The van der Waals surface area contributed by atoms with Crippen LogP contribution < -0.4 is 0 Å². The molecule has 0 fully saturated rings. The van der Waals surface area contributed by atoms with Gasteiger partial charge in [-0.1, -0.05) is 133 Å². The van der Waals surface area contributed by atoms with Gasteiger partial charge in [-0.25, -0.2) is 0 Å². The van der Waals surface area contributed by atoms with Crippen LogP contribution in [0.15, 0.2) is 91.0 Å². The molecule has 3 rings (SSSR count). The monoisotopic (exact) mass is 1420 g/mol. The molecular formula is C36H48I4O6SiSm2. The van der Waals surface area contributed by atoms with Gasteiger partial charge < -0.3 is 28.8 Å². The van der Waals surface area contributed by atoms with E-state index in [1.165, 1.54) is 0 Å². The molecule has 6 nitrogen and oxygen atoms in total. The Hall–Kier alpha value is 3.23. The summed E-state index contributed by atoms with van der Waals surface area (Å²) in [7, 11) is -2.51. The first-order chi connectivity index (χ1) is 23.6. The van der Waals surface area contributed by atoms with E-state index >= 15 is 0 Å². The molecule has 3 aromatic rings. The van der Waals surface area contributed by atoms with Crippen molar-refractivity contribution in [1.29, 1.82) is 0 Å². The Bertz CT molecular complexity index is 1180. The molecule has 49 heavy (non-hydrogen) atoms. The van der Waals surface area contributed by atoms with E-state index in [-0.39, 0.29) is 87.4 Å². The molecule has 4 atom stereocenters. The second kappa shape index (κ2) is 30.4. The summed E-state index contributed by atoms with van der Waals surface area (Å²) in [6.45, 7) is 18.5. The molecule has 0 spiro atoms. The molecule has 0 unspecified atom stereocenters. The third kappa shape index (κ3) is 18.8. The fourth-order valence-electron chi connectivity index (χ4n) is 6.00. The molecule has 0 saturated heterocycles. The molecule has 0 amide bonds. The van der Waals surface area contributed by atoms with Crippen molar-refractivity contribution >= 4 is 65.5 Å². The van der Waals surface area contributed by atoms with Crippen molar-refractivity contribution in [3.05, 3.63) is 121 Å². The summed E-state index contributed by atoms with van der Waals surface area (Å²) < 4.78 is 26.3. The number of hydrogen-bond donors (Lipinski definition) is 2. The van der Waals surface area contributed by atoms with Crippen LogP contribution in [0, 0.1) is 64.1 Å². The van der Waals surface area contributed by atoms with Crippen LogP contribution in [0.5, 0.6) is 0 Å². The van der Waals surface area contributed by atoms with Crippen molar-refractivity contribution in [3.63, 3.8) is 0 Å². The number of ether oxygens (including phenoxy) is 3. The van der Waals surface area contributed by atoms with E-state index in [0.29, 0.717) is 0 Å². The molecule has 2 N–H and O–H groups in total. The van der Waals surface area contributed by atoms with E-state index in [0.717, 1.165) is 16.7 Å². The molecule has 4 radical (unpaired) electrons. The third-order valence-corrected chi connectivity index (χ3v) is 14.1. The Morgan fingerprint density at radius 3 is 1.10 bits per heavy atom. The van der Waals surface area contributed by atoms with Crippen LogP contribution in [0.2, 0.25) is 16.6 Å². The zero-order valence-corrected chi connectivity index (χ0v) is 43.5. The maximum atomic E-state index is 10.7. The van der Waals surface area contributed by atoms with Gasteiger partial charge in [0.25, 0.3) is 0 Å². The molecule has 13 heteroatoms. The Balaban J connectivity index is 0.00000186. The average molecular weight is 1410 g/mol. The van der Waals surface area contributed by atoms with Crippen molar-refractivity contribution in [1.82, 2.24) is 0 Å². The van der Waals surface area contributed by atoms with Crippen molar-refractivity contribution in [2.75, 3.05) is 0 Å². The maximum absolute atomic E-state index is 10.7. The van der Waals surface area contributed by atoms with Crippen molar-refractivity contribution < 1.29 is 79.8 Å². The number of halogens is 4. The molecule has 0 aliphatic carbocycles. The minimum absolute atomic E-state index is 0.190. The van der Waals surface area contributed by atoms with Gasteiger partial charge >= 0.3 is 108 Å². The van der Waals surface area contributed by atoms with Gasteiger partial charge in [-0.3, -0.25) is 0 Å². The van der Waals surface area contributed by atoms with Crippen molar-refractivity contribution in [2.24, 2.45) is 0 Å².